The molecule has 0 aromatic heterocycles. The largest absolute Gasteiger partial charge is 0.481 e. The lowest BCUT2D eigenvalue weighted by Crippen LogP contribution is -2.52. The normalized spacial score (nSPS) is 15.2. The van der Waals surface area contributed by atoms with E-state index in [1.165, 1.54) is 6.92 Å². The zero-order valence-corrected chi connectivity index (χ0v) is 11.2. The quantitative estimate of drug-likeness (QED) is 0.695. The molecule has 1 fully saturated rings. The number of piperazine rings is 1. The van der Waals surface area contributed by atoms with E-state index in [4.69, 9.17) is 5.11 Å². The summed E-state index contributed by atoms with van der Waals surface area (Å²) in [6.07, 6.45) is 1.35. The smallest absolute Gasteiger partial charge is 0.317 e. The third-order valence-electron chi connectivity index (χ3n) is 3.11. The molecule has 0 saturated carbocycles. The van der Waals surface area contributed by atoms with Crippen molar-refractivity contribution in [2.24, 2.45) is 0 Å². The van der Waals surface area contributed by atoms with Crippen LogP contribution >= 0.6 is 0 Å². The van der Waals surface area contributed by atoms with E-state index in [0.717, 1.165) is 0 Å². The Morgan fingerprint density at radius 2 is 1.63 bits per heavy atom. The van der Waals surface area contributed by atoms with Crippen molar-refractivity contribution in [1.29, 1.82) is 0 Å². The molecular formula is C12H21N3O4. The van der Waals surface area contributed by atoms with Gasteiger partial charge in [-0.1, -0.05) is 0 Å². The first-order valence-corrected chi connectivity index (χ1v) is 6.51. The number of hydrogen-bond acceptors (Lipinski definition) is 3. The van der Waals surface area contributed by atoms with Gasteiger partial charge in [-0.15, -0.1) is 0 Å². The Balaban J connectivity index is 2.14. The number of nitrogens with one attached hydrogen (secondary N) is 1. The fourth-order valence-corrected chi connectivity index (χ4v) is 1.93. The summed E-state index contributed by atoms with van der Waals surface area (Å²) in [7, 11) is 0. The van der Waals surface area contributed by atoms with E-state index in [1.807, 2.05) is 0 Å². The number of carbonyl (C=O) groups excluding carboxylic acids is 2. The molecule has 7 heteroatoms. The van der Waals surface area contributed by atoms with Crippen molar-refractivity contribution in [1.82, 2.24) is 15.1 Å². The summed E-state index contributed by atoms with van der Waals surface area (Å²) in [5.74, 6) is -0.777. The van der Waals surface area contributed by atoms with Crippen molar-refractivity contribution in [2.75, 3.05) is 32.7 Å². The number of rotatable bonds is 5. The van der Waals surface area contributed by atoms with Crippen molar-refractivity contribution in [3.05, 3.63) is 0 Å². The van der Waals surface area contributed by atoms with E-state index in [0.29, 0.717) is 45.6 Å². The number of carboxylic acid groups (broad SMARTS) is 1. The van der Waals surface area contributed by atoms with Crippen LogP contribution in [0, 0.1) is 0 Å². The molecule has 0 atom stereocenters. The van der Waals surface area contributed by atoms with Crippen LogP contribution < -0.4 is 5.32 Å². The van der Waals surface area contributed by atoms with Gasteiger partial charge in [0.05, 0.1) is 0 Å². The monoisotopic (exact) mass is 271 g/mol. The molecule has 1 saturated heterocycles. The molecule has 108 valence electrons. The lowest BCUT2D eigenvalue weighted by Gasteiger charge is -2.34. The average Bonchev–Trinajstić information content (AvgIpc) is 2.37. The van der Waals surface area contributed by atoms with Gasteiger partial charge in [-0.25, -0.2) is 4.79 Å². The molecule has 0 aromatic carbocycles. The Labute approximate surface area is 112 Å². The Hall–Kier alpha value is -1.79. The van der Waals surface area contributed by atoms with Gasteiger partial charge in [0.25, 0.3) is 0 Å². The van der Waals surface area contributed by atoms with Crippen LogP contribution in [0.15, 0.2) is 0 Å². The highest BCUT2D eigenvalue weighted by atomic mass is 16.4. The fraction of sp³-hybridized carbons (Fsp3) is 0.750. The fourth-order valence-electron chi connectivity index (χ4n) is 1.93. The Morgan fingerprint density at radius 1 is 1.05 bits per heavy atom. The Morgan fingerprint density at radius 3 is 2.16 bits per heavy atom. The molecular weight excluding hydrogens is 250 g/mol. The van der Waals surface area contributed by atoms with E-state index in [9.17, 15) is 14.4 Å². The van der Waals surface area contributed by atoms with E-state index >= 15 is 0 Å². The van der Waals surface area contributed by atoms with Crippen molar-refractivity contribution in [3.8, 4) is 0 Å². The second-order valence-corrected chi connectivity index (χ2v) is 4.58. The van der Waals surface area contributed by atoms with Gasteiger partial charge in [0, 0.05) is 46.1 Å². The van der Waals surface area contributed by atoms with Crippen molar-refractivity contribution >= 4 is 17.9 Å². The molecule has 1 heterocycles. The third-order valence-corrected chi connectivity index (χ3v) is 3.11. The van der Waals surface area contributed by atoms with E-state index in [-0.39, 0.29) is 18.4 Å². The topological polar surface area (TPSA) is 90.0 Å². The maximum absolute atomic E-state index is 11.8. The number of nitrogens with zero attached hydrogens (tertiary/aromatic N) is 2. The first kappa shape index (κ1) is 15.3. The predicted octanol–water partition coefficient (Wildman–Crippen LogP) is 0.115. The first-order chi connectivity index (χ1) is 9.00. The molecule has 1 aliphatic heterocycles. The average molecular weight is 271 g/mol. The van der Waals surface area contributed by atoms with Crippen LogP contribution in [0.2, 0.25) is 0 Å². The van der Waals surface area contributed by atoms with E-state index in [2.05, 4.69) is 5.32 Å². The summed E-state index contributed by atoms with van der Waals surface area (Å²) in [4.78, 5) is 36.6. The third kappa shape index (κ3) is 5.58. The highest BCUT2D eigenvalue weighted by Crippen LogP contribution is 2.02. The first-order valence-electron chi connectivity index (χ1n) is 6.51. The molecule has 7 nitrogen and oxygen atoms in total. The van der Waals surface area contributed by atoms with E-state index in [1.54, 1.807) is 9.80 Å². The van der Waals surface area contributed by atoms with Crippen LogP contribution in [-0.4, -0.2) is 65.5 Å². The summed E-state index contributed by atoms with van der Waals surface area (Å²) in [6, 6.07) is -0.140. The van der Waals surface area contributed by atoms with Crippen molar-refractivity contribution in [3.63, 3.8) is 0 Å². The molecule has 1 rings (SSSR count). The van der Waals surface area contributed by atoms with Crippen LogP contribution in [0.1, 0.15) is 26.2 Å². The zero-order chi connectivity index (χ0) is 14.3. The minimum absolute atomic E-state index is 0.0359. The number of urea groups is 1. The van der Waals surface area contributed by atoms with Gasteiger partial charge >= 0.3 is 12.0 Å². The summed E-state index contributed by atoms with van der Waals surface area (Å²) >= 11 is 0. The maximum atomic E-state index is 11.8. The highest BCUT2D eigenvalue weighted by molar-refractivity contribution is 5.76. The number of carboxylic acids is 1. The minimum atomic E-state index is -0.813. The maximum Gasteiger partial charge on any atom is 0.317 e. The predicted molar refractivity (Wildman–Crippen MR) is 68.7 cm³/mol. The SMILES string of the molecule is CC(=O)N1CCN(C(=O)NCCCCC(=O)O)CC1. The van der Waals surface area contributed by atoms with Crippen LogP contribution in [0.4, 0.5) is 4.79 Å². The number of aliphatic carboxylic acids is 1. The van der Waals surface area contributed by atoms with Gasteiger partial charge in [-0.3, -0.25) is 9.59 Å². The zero-order valence-electron chi connectivity index (χ0n) is 11.2. The van der Waals surface area contributed by atoms with Crippen LogP contribution in [0.3, 0.4) is 0 Å². The molecule has 0 spiro atoms. The van der Waals surface area contributed by atoms with Gasteiger partial charge < -0.3 is 20.2 Å². The molecule has 0 radical (unpaired) electrons. The molecule has 19 heavy (non-hydrogen) atoms. The van der Waals surface area contributed by atoms with Gasteiger partial charge in [0.1, 0.15) is 0 Å². The summed E-state index contributed by atoms with van der Waals surface area (Å²) in [5.41, 5.74) is 0. The molecule has 0 unspecified atom stereocenters. The van der Waals surface area contributed by atoms with Crippen molar-refractivity contribution in [2.45, 2.75) is 26.2 Å². The Kier molecular flexibility index (Phi) is 6.11. The van der Waals surface area contributed by atoms with Gasteiger partial charge in [-0.2, -0.15) is 0 Å². The van der Waals surface area contributed by atoms with Gasteiger partial charge in [-0.05, 0) is 12.8 Å². The molecule has 3 amide bonds. The molecule has 1 aliphatic rings. The van der Waals surface area contributed by atoms with Crippen LogP contribution in [-0.2, 0) is 9.59 Å². The lowest BCUT2D eigenvalue weighted by molar-refractivity contribution is -0.137. The minimum Gasteiger partial charge on any atom is -0.481 e. The molecule has 0 aromatic rings. The summed E-state index contributed by atoms with van der Waals surface area (Å²) in [6.45, 7) is 4.24. The lowest BCUT2D eigenvalue weighted by atomic mass is 10.2. The van der Waals surface area contributed by atoms with E-state index < -0.39 is 5.97 Å². The number of hydrogen-bond donors (Lipinski definition) is 2. The number of carbonyl (C=O) groups is 3. The number of amides is 3. The molecule has 0 aliphatic carbocycles. The summed E-state index contributed by atoms with van der Waals surface area (Å²) in [5, 5.41) is 11.2. The standard InChI is InChI=1S/C12H21N3O4/c1-10(16)14-6-8-15(9-7-14)12(19)13-5-3-2-4-11(17)18/h2-9H2,1H3,(H,13,19)(H,17,18). The van der Waals surface area contributed by atoms with Gasteiger partial charge in [0.2, 0.25) is 5.91 Å². The summed E-state index contributed by atoms with van der Waals surface area (Å²) < 4.78 is 0. The molecule has 0 bridgehead atoms. The van der Waals surface area contributed by atoms with Crippen LogP contribution in [0.5, 0.6) is 0 Å². The second kappa shape index (κ2) is 7.60. The Bertz CT molecular complexity index is 338. The highest BCUT2D eigenvalue weighted by Gasteiger charge is 2.21. The second-order valence-electron chi connectivity index (χ2n) is 4.58. The van der Waals surface area contributed by atoms with Crippen molar-refractivity contribution < 1.29 is 19.5 Å². The van der Waals surface area contributed by atoms with Gasteiger partial charge in [0.15, 0.2) is 0 Å². The van der Waals surface area contributed by atoms with Crippen LogP contribution in [0.25, 0.3) is 0 Å². The molecule has 2 N–H and O–H groups in total. The number of unbranched alkanes of at least 4 members (excludes halogenated alkanes) is 1.